The Balaban J connectivity index is 1.98. The van der Waals surface area contributed by atoms with Crippen LogP contribution in [0.3, 0.4) is 0 Å². The standard InChI is InChI=1S/C14H15N3O/c1-9-4-2-7-12(13(9)15)18-14-10-5-3-6-11(10)16-8-17-14/h2,4,7-8H,3,5-6,15H2,1H3. The largest absolute Gasteiger partial charge is 0.436 e. The van der Waals surface area contributed by atoms with Gasteiger partial charge in [-0.3, -0.25) is 0 Å². The molecule has 0 spiro atoms. The van der Waals surface area contributed by atoms with Crippen molar-refractivity contribution in [2.45, 2.75) is 26.2 Å². The SMILES string of the molecule is Cc1cccc(Oc2ncnc3c2CCC3)c1N. The summed E-state index contributed by atoms with van der Waals surface area (Å²) in [5.74, 6) is 1.32. The van der Waals surface area contributed by atoms with E-state index in [0.29, 0.717) is 17.3 Å². The molecule has 18 heavy (non-hydrogen) atoms. The maximum Gasteiger partial charge on any atom is 0.225 e. The minimum Gasteiger partial charge on any atom is -0.436 e. The van der Waals surface area contributed by atoms with Gasteiger partial charge in [0.1, 0.15) is 6.33 Å². The van der Waals surface area contributed by atoms with Gasteiger partial charge in [-0.15, -0.1) is 0 Å². The predicted molar refractivity (Wildman–Crippen MR) is 69.7 cm³/mol. The van der Waals surface area contributed by atoms with E-state index < -0.39 is 0 Å². The molecule has 0 radical (unpaired) electrons. The van der Waals surface area contributed by atoms with Crippen LogP contribution in [0.2, 0.25) is 0 Å². The molecule has 0 saturated carbocycles. The fourth-order valence-corrected chi connectivity index (χ4v) is 2.26. The number of aryl methyl sites for hydroxylation is 2. The monoisotopic (exact) mass is 241 g/mol. The number of anilines is 1. The molecule has 1 aliphatic carbocycles. The smallest absolute Gasteiger partial charge is 0.225 e. The van der Waals surface area contributed by atoms with Crippen molar-refractivity contribution < 1.29 is 4.74 Å². The van der Waals surface area contributed by atoms with Gasteiger partial charge in [0.2, 0.25) is 5.88 Å². The van der Waals surface area contributed by atoms with E-state index in [1.807, 2.05) is 25.1 Å². The molecule has 2 aromatic rings. The minimum absolute atomic E-state index is 0.648. The summed E-state index contributed by atoms with van der Waals surface area (Å²) in [6, 6.07) is 5.76. The van der Waals surface area contributed by atoms with Gasteiger partial charge in [-0.05, 0) is 37.8 Å². The lowest BCUT2D eigenvalue weighted by atomic mass is 10.2. The Hall–Kier alpha value is -2.10. The van der Waals surface area contributed by atoms with Crippen molar-refractivity contribution in [1.29, 1.82) is 0 Å². The number of rotatable bonds is 2. The molecule has 1 aromatic carbocycles. The van der Waals surface area contributed by atoms with Gasteiger partial charge in [-0.1, -0.05) is 12.1 Å². The van der Waals surface area contributed by atoms with Crippen molar-refractivity contribution in [2.24, 2.45) is 0 Å². The van der Waals surface area contributed by atoms with E-state index in [0.717, 1.165) is 36.1 Å². The Kier molecular flexibility index (Phi) is 2.63. The van der Waals surface area contributed by atoms with Gasteiger partial charge in [-0.25, -0.2) is 9.97 Å². The highest BCUT2D eigenvalue weighted by Crippen LogP contribution is 2.33. The maximum absolute atomic E-state index is 6.01. The number of ether oxygens (including phenoxy) is 1. The summed E-state index contributed by atoms with van der Waals surface area (Å²) in [5.41, 5.74) is 9.92. The molecule has 0 saturated heterocycles. The van der Waals surface area contributed by atoms with Gasteiger partial charge in [0.05, 0.1) is 11.4 Å². The first kappa shape index (κ1) is 11.0. The predicted octanol–water partition coefficient (Wildman–Crippen LogP) is 2.65. The topological polar surface area (TPSA) is 61.0 Å². The molecule has 0 bridgehead atoms. The first-order valence-electron chi connectivity index (χ1n) is 6.11. The highest BCUT2D eigenvalue weighted by atomic mass is 16.5. The number of hydrogen-bond donors (Lipinski definition) is 1. The van der Waals surface area contributed by atoms with E-state index in [4.69, 9.17) is 10.5 Å². The van der Waals surface area contributed by atoms with E-state index in [-0.39, 0.29) is 0 Å². The van der Waals surface area contributed by atoms with Crippen LogP contribution in [0.4, 0.5) is 5.69 Å². The maximum atomic E-state index is 6.01. The summed E-state index contributed by atoms with van der Waals surface area (Å²) < 4.78 is 5.86. The van der Waals surface area contributed by atoms with Crippen LogP contribution in [0.5, 0.6) is 11.6 Å². The lowest BCUT2D eigenvalue weighted by molar-refractivity contribution is 0.457. The lowest BCUT2D eigenvalue weighted by Crippen LogP contribution is -1.99. The van der Waals surface area contributed by atoms with Crippen LogP contribution in [-0.4, -0.2) is 9.97 Å². The number of benzene rings is 1. The second kappa shape index (κ2) is 4.29. The van der Waals surface area contributed by atoms with E-state index in [2.05, 4.69) is 9.97 Å². The van der Waals surface area contributed by atoms with Crippen LogP contribution < -0.4 is 10.5 Å². The molecule has 1 heterocycles. The third kappa shape index (κ3) is 1.79. The highest BCUT2D eigenvalue weighted by Gasteiger charge is 2.19. The summed E-state index contributed by atoms with van der Waals surface area (Å²) in [5, 5.41) is 0. The molecule has 0 unspecified atom stereocenters. The van der Waals surface area contributed by atoms with Gasteiger partial charge < -0.3 is 10.5 Å². The molecular weight excluding hydrogens is 226 g/mol. The molecule has 0 fully saturated rings. The Labute approximate surface area is 106 Å². The van der Waals surface area contributed by atoms with Crippen LogP contribution in [0.15, 0.2) is 24.5 Å². The number of aromatic nitrogens is 2. The van der Waals surface area contributed by atoms with E-state index >= 15 is 0 Å². The number of nitrogens with zero attached hydrogens (tertiary/aromatic N) is 2. The Morgan fingerprint density at radius 2 is 2.11 bits per heavy atom. The summed E-state index contributed by atoms with van der Waals surface area (Å²) in [4.78, 5) is 8.51. The molecular formula is C14H15N3O. The zero-order valence-corrected chi connectivity index (χ0v) is 10.3. The number of nitrogen functional groups attached to an aromatic ring is 1. The quantitative estimate of drug-likeness (QED) is 0.821. The minimum atomic E-state index is 0.648. The molecule has 92 valence electrons. The van der Waals surface area contributed by atoms with Crippen LogP contribution in [0, 0.1) is 6.92 Å². The summed E-state index contributed by atoms with van der Waals surface area (Å²) >= 11 is 0. The second-order valence-electron chi connectivity index (χ2n) is 4.55. The van der Waals surface area contributed by atoms with Crippen LogP contribution in [0.1, 0.15) is 23.2 Å². The van der Waals surface area contributed by atoms with Crippen molar-refractivity contribution in [2.75, 3.05) is 5.73 Å². The van der Waals surface area contributed by atoms with Crippen LogP contribution >= 0.6 is 0 Å². The van der Waals surface area contributed by atoms with Crippen molar-refractivity contribution in [3.8, 4) is 11.6 Å². The molecule has 1 aromatic heterocycles. The van der Waals surface area contributed by atoms with E-state index in [9.17, 15) is 0 Å². The Bertz CT molecular complexity index is 596. The zero-order chi connectivity index (χ0) is 12.5. The average Bonchev–Trinajstić information content (AvgIpc) is 2.84. The van der Waals surface area contributed by atoms with E-state index in [1.54, 1.807) is 6.33 Å². The van der Waals surface area contributed by atoms with Gasteiger partial charge in [0.25, 0.3) is 0 Å². The number of nitrogens with two attached hydrogens (primary N) is 1. The number of hydrogen-bond acceptors (Lipinski definition) is 4. The van der Waals surface area contributed by atoms with Gasteiger partial charge >= 0.3 is 0 Å². The second-order valence-corrected chi connectivity index (χ2v) is 4.55. The van der Waals surface area contributed by atoms with Crippen LogP contribution in [-0.2, 0) is 12.8 Å². The van der Waals surface area contributed by atoms with Gasteiger partial charge in [0.15, 0.2) is 5.75 Å². The number of fused-ring (bicyclic) bond motifs is 1. The van der Waals surface area contributed by atoms with Gasteiger partial charge in [0, 0.05) is 5.56 Å². The Morgan fingerprint density at radius 1 is 1.22 bits per heavy atom. The third-order valence-corrected chi connectivity index (χ3v) is 3.33. The average molecular weight is 241 g/mol. The molecule has 3 rings (SSSR count). The van der Waals surface area contributed by atoms with E-state index in [1.165, 1.54) is 0 Å². The molecule has 1 aliphatic rings. The summed E-state index contributed by atoms with van der Waals surface area (Å²) in [6.07, 6.45) is 4.67. The van der Waals surface area contributed by atoms with Crippen molar-refractivity contribution >= 4 is 5.69 Å². The highest BCUT2D eigenvalue weighted by molar-refractivity contribution is 5.59. The fourth-order valence-electron chi connectivity index (χ4n) is 2.26. The van der Waals surface area contributed by atoms with Crippen molar-refractivity contribution in [1.82, 2.24) is 9.97 Å². The van der Waals surface area contributed by atoms with Crippen molar-refractivity contribution in [3.63, 3.8) is 0 Å². The first-order chi connectivity index (χ1) is 8.75. The van der Waals surface area contributed by atoms with Gasteiger partial charge in [-0.2, -0.15) is 0 Å². The number of para-hydroxylation sites is 1. The molecule has 4 heteroatoms. The summed E-state index contributed by atoms with van der Waals surface area (Å²) in [7, 11) is 0. The molecule has 0 aliphatic heterocycles. The molecule has 2 N–H and O–H groups in total. The van der Waals surface area contributed by atoms with Crippen LogP contribution in [0.25, 0.3) is 0 Å². The third-order valence-electron chi connectivity index (χ3n) is 3.33. The fraction of sp³-hybridized carbons (Fsp3) is 0.286. The zero-order valence-electron chi connectivity index (χ0n) is 10.3. The molecule has 0 amide bonds. The molecule has 4 nitrogen and oxygen atoms in total. The molecule has 0 atom stereocenters. The summed E-state index contributed by atoms with van der Waals surface area (Å²) in [6.45, 7) is 1.96. The normalized spacial score (nSPS) is 13.4. The first-order valence-corrected chi connectivity index (χ1v) is 6.11. The Morgan fingerprint density at radius 3 is 3.00 bits per heavy atom. The lowest BCUT2D eigenvalue weighted by Gasteiger charge is -2.11. The van der Waals surface area contributed by atoms with Crippen molar-refractivity contribution in [3.05, 3.63) is 41.3 Å².